The number of hydrogen-bond donors (Lipinski definition) is 5. The Bertz CT molecular complexity index is 1480. The molecule has 1 saturated carbocycles. The van der Waals surface area contributed by atoms with Gasteiger partial charge in [0.2, 0.25) is 0 Å². The van der Waals surface area contributed by atoms with Crippen LogP contribution in [-0.4, -0.2) is 85.4 Å². The van der Waals surface area contributed by atoms with Crippen LogP contribution in [0.25, 0.3) is 11.3 Å². The minimum atomic E-state index is -1.31. The highest BCUT2D eigenvalue weighted by molar-refractivity contribution is 5.98. The maximum absolute atomic E-state index is 14.0. The molecule has 1 aromatic heterocycles. The van der Waals surface area contributed by atoms with Gasteiger partial charge < -0.3 is 35.4 Å². The Morgan fingerprint density at radius 3 is 2.24 bits per heavy atom. The predicted octanol–water partition coefficient (Wildman–Crippen LogP) is 3.78. The Balaban J connectivity index is 0.000000591. The number of hydrogen-bond acceptors (Lipinski definition) is 6. The van der Waals surface area contributed by atoms with E-state index in [9.17, 15) is 33.1 Å². The van der Waals surface area contributed by atoms with Crippen LogP contribution >= 0.6 is 0 Å². The molecule has 240 valence electrons. The van der Waals surface area contributed by atoms with Crippen molar-refractivity contribution in [2.75, 3.05) is 19.6 Å². The van der Waals surface area contributed by atoms with E-state index in [2.05, 4.69) is 15.6 Å². The van der Waals surface area contributed by atoms with Crippen LogP contribution in [0.15, 0.2) is 54.9 Å². The van der Waals surface area contributed by atoms with Crippen LogP contribution in [0.2, 0.25) is 0 Å². The summed E-state index contributed by atoms with van der Waals surface area (Å²) in [6, 6.07) is 12.1. The van der Waals surface area contributed by atoms with Gasteiger partial charge in [-0.15, -0.1) is 0 Å². The minimum absolute atomic E-state index is 0.182. The molecule has 3 aromatic rings. The minimum Gasteiger partial charge on any atom is -0.481 e. The maximum atomic E-state index is 14.0. The summed E-state index contributed by atoms with van der Waals surface area (Å²) >= 11 is 0. The van der Waals surface area contributed by atoms with E-state index in [1.807, 2.05) is 34.9 Å². The maximum Gasteiger partial charge on any atom is 0.404 e. The van der Waals surface area contributed by atoms with Crippen molar-refractivity contribution in [1.29, 1.82) is 0 Å². The molecule has 0 unspecified atom stereocenters. The number of nitrogens with one attached hydrogen (secondary N) is 2. The molecule has 14 heteroatoms. The Morgan fingerprint density at radius 1 is 0.956 bits per heavy atom. The predicted molar refractivity (Wildman–Crippen MR) is 158 cm³/mol. The molecule has 2 aromatic carbocycles. The summed E-state index contributed by atoms with van der Waals surface area (Å²) in [6.07, 6.45) is 3.39. The van der Waals surface area contributed by atoms with Crippen molar-refractivity contribution in [2.24, 2.45) is 0 Å². The molecule has 12 nitrogen and oxygen atoms in total. The highest BCUT2D eigenvalue weighted by Gasteiger charge is 2.35. The lowest BCUT2D eigenvalue weighted by Gasteiger charge is -2.36. The van der Waals surface area contributed by atoms with E-state index in [0.29, 0.717) is 43.7 Å². The van der Waals surface area contributed by atoms with Gasteiger partial charge in [0.1, 0.15) is 18.1 Å². The van der Waals surface area contributed by atoms with Crippen molar-refractivity contribution in [3.63, 3.8) is 0 Å². The normalized spacial score (nSPS) is 19.6. The number of aliphatic carboxylic acids is 2. The number of nitrogens with zero attached hydrogens (tertiary/aromatic N) is 3. The number of carboxylic acids is 2. The monoisotopic (exact) mass is 627 g/mol. The van der Waals surface area contributed by atoms with Gasteiger partial charge in [0.05, 0.1) is 24.1 Å². The van der Waals surface area contributed by atoms with Gasteiger partial charge in [-0.2, -0.15) is 0 Å². The van der Waals surface area contributed by atoms with Crippen LogP contribution < -0.4 is 10.6 Å². The van der Waals surface area contributed by atoms with E-state index < -0.39 is 36.1 Å². The zero-order valence-corrected chi connectivity index (χ0v) is 24.4. The van der Waals surface area contributed by atoms with Gasteiger partial charge in [0.15, 0.2) is 5.69 Å². The van der Waals surface area contributed by atoms with Crippen molar-refractivity contribution < 1.29 is 43.3 Å². The van der Waals surface area contributed by atoms with Crippen LogP contribution in [0.1, 0.15) is 54.2 Å². The van der Waals surface area contributed by atoms with E-state index >= 15 is 0 Å². The van der Waals surface area contributed by atoms with Crippen LogP contribution in [0.3, 0.4) is 0 Å². The lowest BCUT2D eigenvalue weighted by Crippen LogP contribution is -2.54. The van der Waals surface area contributed by atoms with Crippen LogP contribution in [-0.2, 0) is 16.0 Å². The Labute approximate surface area is 257 Å². The Hall–Kier alpha value is -4.85. The van der Waals surface area contributed by atoms with Crippen molar-refractivity contribution >= 4 is 23.9 Å². The Kier molecular flexibility index (Phi) is 11.2. The van der Waals surface area contributed by atoms with Gasteiger partial charge in [-0.05, 0) is 37.0 Å². The first-order valence-electron chi connectivity index (χ1n) is 14.6. The van der Waals surface area contributed by atoms with Crippen molar-refractivity contribution in [1.82, 2.24) is 25.1 Å². The summed E-state index contributed by atoms with van der Waals surface area (Å²) in [4.78, 5) is 50.7. The van der Waals surface area contributed by atoms with Gasteiger partial charge in [0, 0.05) is 37.3 Å². The molecule has 2 amide bonds. The van der Waals surface area contributed by atoms with Gasteiger partial charge in [0.25, 0.3) is 5.91 Å². The van der Waals surface area contributed by atoms with Crippen LogP contribution in [0, 0.1) is 11.6 Å². The van der Waals surface area contributed by atoms with Gasteiger partial charge in [-0.3, -0.25) is 14.4 Å². The van der Waals surface area contributed by atoms with Gasteiger partial charge in [-0.25, -0.2) is 18.6 Å². The summed E-state index contributed by atoms with van der Waals surface area (Å²) < 4.78 is 29.6. The number of imidazole rings is 1. The number of carboxylic acid groups (broad SMARTS) is 3. The number of benzene rings is 2. The van der Waals surface area contributed by atoms with E-state index in [4.69, 9.17) is 10.2 Å². The smallest absolute Gasteiger partial charge is 0.404 e. The molecule has 0 radical (unpaired) electrons. The molecule has 1 aliphatic heterocycles. The van der Waals surface area contributed by atoms with E-state index in [1.165, 1.54) is 12.1 Å². The first-order chi connectivity index (χ1) is 21.5. The zero-order chi connectivity index (χ0) is 32.5. The molecule has 1 aliphatic carbocycles. The van der Waals surface area contributed by atoms with E-state index in [-0.39, 0.29) is 29.7 Å². The molecular weight excluding hydrogens is 592 g/mol. The summed E-state index contributed by atoms with van der Waals surface area (Å²) in [7, 11) is 0. The number of piperazine rings is 1. The van der Waals surface area contributed by atoms with Crippen molar-refractivity contribution in [3.8, 4) is 11.3 Å². The molecule has 2 aliphatic rings. The number of carbonyl (C=O) groups is 4. The molecule has 2 heterocycles. The number of amides is 2. The van der Waals surface area contributed by atoms with Gasteiger partial charge in [-0.1, -0.05) is 43.2 Å². The zero-order valence-electron chi connectivity index (χ0n) is 24.4. The van der Waals surface area contributed by atoms with Gasteiger partial charge >= 0.3 is 18.0 Å². The number of carbonyl (C=O) groups excluding carboxylic acids is 1. The molecule has 45 heavy (non-hydrogen) atoms. The fraction of sp³-hybridized carbons (Fsp3) is 0.387. The summed E-state index contributed by atoms with van der Waals surface area (Å²) in [5.74, 6) is -4.18. The molecule has 1 saturated heterocycles. The quantitative estimate of drug-likeness (QED) is 0.233. The third-order valence-corrected chi connectivity index (χ3v) is 7.75. The molecule has 0 spiro atoms. The fourth-order valence-corrected chi connectivity index (χ4v) is 5.90. The molecule has 5 rings (SSSR count). The molecule has 5 N–H and O–H groups in total. The second-order valence-electron chi connectivity index (χ2n) is 10.9. The lowest BCUT2D eigenvalue weighted by molar-refractivity contribution is -0.147. The molecule has 2 fully saturated rings. The average molecular weight is 628 g/mol. The van der Waals surface area contributed by atoms with Crippen LogP contribution in [0.4, 0.5) is 13.6 Å². The second-order valence-corrected chi connectivity index (χ2v) is 10.9. The molecular formula is C31H35F2N5O7. The first-order valence-corrected chi connectivity index (χ1v) is 14.6. The third kappa shape index (κ3) is 8.85. The lowest BCUT2D eigenvalue weighted by atomic mass is 9.89. The highest BCUT2D eigenvalue weighted by atomic mass is 19.1. The SMILES string of the molecule is O=C(O)CC(=O)O.O=C(O)N[C@H]1CCCC[C@@H]1n1cnc(C(=O)N2CCNC[C@H]2Cc2cc(F)cc(F)c2)c1-c1ccccc1. The van der Waals surface area contributed by atoms with E-state index in [1.54, 1.807) is 11.2 Å². The standard InChI is InChI=1S/C28H31F2N5O3.C3H4O4/c29-20-12-18(13-21(30)15-20)14-22-16-31-10-11-34(22)27(36)25-26(19-6-2-1-3-7-19)35(17-32-25)24-9-5-4-8-23(24)33-28(37)38;4-2(5)1-3(6)7/h1-3,6-7,12-13,15,17,22-24,31,33H,4-5,8-11,14,16H2,(H,37,38);1H2,(H,4,5)(H,6,7)/t22-,23+,24+;/m1./s1. The topological polar surface area (TPSA) is 174 Å². The number of rotatable bonds is 8. The van der Waals surface area contributed by atoms with Crippen molar-refractivity contribution in [3.05, 3.63) is 77.8 Å². The summed E-state index contributed by atoms with van der Waals surface area (Å²) in [5.41, 5.74) is 2.22. The van der Waals surface area contributed by atoms with Crippen molar-refractivity contribution in [2.45, 2.75) is 56.7 Å². The largest absolute Gasteiger partial charge is 0.481 e. The van der Waals surface area contributed by atoms with E-state index in [0.717, 1.165) is 30.9 Å². The molecule has 3 atom stereocenters. The van der Waals surface area contributed by atoms with Crippen LogP contribution in [0.5, 0.6) is 0 Å². The highest BCUT2D eigenvalue weighted by Crippen LogP contribution is 2.35. The number of halogens is 2. The fourth-order valence-electron chi connectivity index (χ4n) is 5.90. The third-order valence-electron chi connectivity index (χ3n) is 7.75. The molecule has 0 bridgehead atoms. The average Bonchev–Trinajstić information content (AvgIpc) is 3.42. The summed E-state index contributed by atoms with van der Waals surface area (Å²) in [6.45, 7) is 1.50. The Morgan fingerprint density at radius 2 is 1.62 bits per heavy atom. The second kappa shape index (κ2) is 15.2. The number of aromatic nitrogens is 2. The summed E-state index contributed by atoms with van der Waals surface area (Å²) in [5, 5.41) is 30.8. The first kappa shape index (κ1) is 33.1.